The van der Waals surface area contributed by atoms with Crippen molar-refractivity contribution in [3.8, 4) is 0 Å². The maximum absolute atomic E-state index is 12.6. The number of alkyl halides is 3. The quantitative estimate of drug-likeness (QED) is 0.887. The van der Waals surface area contributed by atoms with E-state index in [-0.39, 0.29) is 6.04 Å². The molecule has 0 aliphatic heterocycles. The lowest BCUT2D eigenvalue weighted by atomic mass is 10.00. The molecule has 0 heterocycles. The van der Waals surface area contributed by atoms with E-state index < -0.39 is 11.7 Å². The third-order valence-corrected chi connectivity index (χ3v) is 3.42. The molecule has 2 N–H and O–H groups in total. The molecule has 17 heavy (non-hydrogen) atoms. The minimum Gasteiger partial charge on any atom is -0.324 e. The second-order valence-electron chi connectivity index (χ2n) is 4.56. The Morgan fingerprint density at radius 1 is 1.29 bits per heavy atom. The molecule has 0 spiro atoms. The topological polar surface area (TPSA) is 26.0 Å². The highest BCUT2D eigenvalue weighted by Crippen LogP contribution is 2.38. The maximum Gasteiger partial charge on any atom is 0.416 e. The minimum atomic E-state index is -4.32. The van der Waals surface area contributed by atoms with Crippen LogP contribution >= 0.6 is 15.9 Å². The summed E-state index contributed by atoms with van der Waals surface area (Å²) in [5, 5.41) is 0. The van der Waals surface area contributed by atoms with Crippen LogP contribution in [0.3, 0.4) is 0 Å². The Balaban J connectivity index is 2.23. The summed E-state index contributed by atoms with van der Waals surface area (Å²) in [5.41, 5.74) is 5.84. The highest BCUT2D eigenvalue weighted by atomic mass is 79.9. The molecule has 0 radical (unpaired) electrons. The van der Waals surface area contributed by atoms with Crippen molar-refractivity contribution in [2.45, 2.75) is 31.5 Å². The Kier molecular flexibility index (Phi) is 3.50. The molecule has 1 fully saturated rings. The van der Waals surface area contributed by atoms with E-state index in [1.807, 2.05) is 0 Å². The lowest BCUT2D eigenvalue weighted by Crippen LogP contribution is -2.13. The van der Waals surface area contributed by atoms with E-state index in [0.717, 1.165) is 31.4 Å². The molecule has 1 nitrogen and oxygen atoms in total. The number of rotatable bonds is 3. The normalized spacial score (nSPS) is 18.2. The van der Waals surface area contributed by atoms with Crippen LogP contribution in [-0.4, -0.2) is 0 Å². The SMILES string of the molecule is N[C@H](CC1CC1)c1cc(Br)cc(C(F)(F)F)c1. The summed E-state index contributed by atoms with van der Waals surface area (Å²) in [6.07, 6.45) is -1.26. The number of halogens is 4. The van der Waals surface area contributed by atoms with E-state index in [1.165, 1.54) is 0 Å². The number of hydrogen-bond acceptors (Lipinski definition) is 1. The van der Waals surface area contributed by atoms with Crippen LogP contribution in [0.25, 0.3) is 0 Å². The number of nitrogens with two attached hydrogens (primary N) is 1. The van der Waals surface area contributed by atoms with Crippen molar-refractivity contribution in [3.63, 3.8) is 0 Å². The molecule has 5 heteroatoms. The first kappa shape index (κ1) is 12.9. The maximum atomic E-state index is 12.6. The predicted octanol–water partition coefficient (Wildman–Crippen LogP) is 4.27. The molecule has 1 aliphatic carbocycles. The fraction of sp³-hybridized carbons (Fsp3) is 0.500. The zero-order chi connectivity index (χ0) is 12.6. The van der Waals surface area contributed by atoms with Crippen LogP contribution in [0.15, 0.2) is 22.7 Å². The molecule has 0 saturated heterocycles. The van der Waals surface area contributed by atoms with Crippen molar-refractivity contribution in [2.75, 3.05) is 0 Å². The summed E-state index contributed by atoms with van der Waals surface area (Å²) >= 11 is 3.10. The second-order valence-corrected chi connectivity index (χ2v) is 5.47. The monoisotopic (exact) mass is 307 g/mol. The molecular formula is C12H13BrF3N. The van der Waals surface area contributed by atoms with Gasteiger partial charge in [0.15, 0.2) is 0 Å². The van der Waals surface area contributed by atoms with Gasteiger partial charge in [-0.05, 0) is 36.1 Å². The van der Waals surface area contributed by atoms with Crippen LogP contribution in [0.1, 0.15) is 36.4 Å². The Morgan fingerprint density at radius 3 is 2.47 bits per heavy atom. The minimum absolute atomic E-state index is 0.305. The smallest absolute Gasteiger partial charge is 0.324 e. The van der Waals surface area contributed by atoms with Crippen LogP contribution in [0.4, 0.5) is 13.2 Å². The summed E-state index contributed by atoms with van der Waals surface area (Å²) in [4.78, 5) is 0. The Bertz CT molecular complexity index is 413. The van der Waals surface area contributed by atoms with Gasteiger partial charge >= 0.3 is 6.18 Å². The van der Waals surface area contributed by atoms with Gasteiger partial charge in [0.1, 0.15) is 0 Å². The Hall–Kier alpha value is -0.550. The molecule has 1 aromatic carbocycles. The Morgan fingerprint density at radius 2 is 1.94 bits per heavy atom. The number of benzene rings is 1. The van der Waals surface area contributed by atoms with E-state index in [9.17, 15) is 13.2 Å². The molecule has 94 valence electrons. The van der Waals surface area contributed by atoms with Gasteiger partial charge in [-0.2, -0.15) is 13.2 Å². The van der Waals surface area contributed by atoms with Gasteiger partial charge in [0.2, 0.25) is 0 Å². The molecule has 0 unspecified atom stereocenters. The summed E-state index contributed by atoms with van der Waals surface area (Å²) in [6.45, 7) is 0. The highest BCUT2D eigenvalue weighted by molar-refractivity contribution is 9.10. The predicted molar refractivity (Wildman–Crippen MR) is 63.4 cm³/mol. The van der Waals surface area contributed by atoms with Gasteiger partial charge in [0.05, 0.1) is 5.56 Å². The molecular weight excluding hydrogens is 295 g/mol. The van der Waals surface area contributed by atoms with E-state index in [2.05, 4.69) is 15.9 Å². The van der Waals surface area contributed by atoms with Crippen LogP contribution < -0.4 is 5.73 Å². The van der Waals surface area contributed by atoms with E-state index in [1.54, 1.807) is 6.07 Å². The molecule has 1 saturated carbocycles. The molecule has 1 aromatic rings. The standard InChI is InChI=1S/C12H13BrF3N/c13-10-5-8(11(17)3-7-1-2-7)4-9(6-10)12(14,15)16/h4-7,11H,1-3,17H2/t11-/m1/s1. The lowest BCUT2D eigenvalue weighted by Gasteiger charge is -2.15. The first-order valence-corrected chi connectivity index (χ1v) is 6.29. The second kappa shape index (κ2) is 4.61. The van der Waals surface area contributed by atoms with Gasteiger partial charge < -0.3 is 5.73 Å². The summed E-state index contributed by atoms with van der Waals surface area (Å²) in [6, 6.07) is 3.59. The Labute approximate surface area is 106 Å². The average molecular weight is 308 g/mol. The van der Waals surface area contributed by atoms with Crippen LogP contribution in [0.2, 0.25) is 0 Å². The van der Waals surface area contributed by atoms with Crippen molar-refractivity contribution in [1.29, 1.82) is 0 Å². The summed E-state index contributed by atoms with van der Waals surface area (Å²) in [7, 11) is 0. The fourth-order valence-electron chi connectivity index (χ4n) is 1.84. The lowest BCUT2D eigenvalue weighted by molar-refractivity contribution is -0.137. The average Bonchev–Trinajstić information content (AvgIpc) is 2.99. The third kappa shape index (κ3) is 3.45. The van der Waals surface area contributed by atoms with Gasteiger partial charge in [-0.3, -0.25) is 0 Å². The van der Waals surface area contributed by atoms with Crippen LogP contribution in [0, 0.1) is 5.92 Å². The van der Waals surface area contributed by atoms with E-state index in [0.29, 0.717) is 16.0 Å². The summed E-state index contributed by atoms with van der Waals surface area (Å²) < 4.78 is 38.3. The zero-order valence-electron chi connectivity index (χ0n) is 9.10. The van der Waals surface area contributed by atoms with Gasteiger partial charge in [0, 0.05) is 10.5 Å². The molecule has 0 amide bonds. The first-order valence-electron chi connectivity index (χ1n) is 5.49. The molecule has 2 rings (SSSR count). The van der Waals surface area contributed by atoms with Gasteiger partial charge in [-0.25, -0.2) is 0 Å². The largest absolute Gasteiger partial charge is 0.416 e. The van der Waals surface area contributed by atoms with Gasteiger partial charge in [-0.15, -0.1) is 0 Å². The van der Waals surface area contributed by atoms with Crippen LogP contribution in [-0.2, 0) is 6.18 Å². The summed E-state index contributed by atoms with van der Waals surface area (Å²) in [5.74, 6) is 0.596. The highest BCUT2D eigenvalue weighted by Gasteiger charge is 2.32. The molecule has 0 bridgehead atoms. The fourth-order valence-corrected chi connectivity index (χ4v) is 2.35. The van der Waals surface area contributed by atoms with Crippen molar-refractivity contribution in [3.05, 3.63) is 33.8 Å². The first-order chi connectivity index (χ1) is 7.86. The third-order valence-electron chi connectivity index (χ3n) is 2.96. The van der Waals surface area contributed by atoms with E-state index in [4.69, 9.17) is 5.73 Å². The molecule has 1 atom stereocenters. The van der Waals surface area contributed by atoms with E-state index >= 15 is 0 Å². The van der Waals surface area contributed by atoms with Gasteiger partial charge in [0.25, 0.3) is 0 Å². The van der Waals surface area contributed by atoms with Crippen molar-refractivity contribution < 1.29 is 13.2 Å². The zero-order valence-corrected chi connectivity index (χ0v) is 10.7. The number of hydrogen-bond donors (Lipinski definition) is 1. The van der Waals surface area contributed by atoms with Crippen molar-refractivity contribution in [2.24, 2.45) is 11.7 Å². The molecule has 0 aromatic heterocycles. The van der Waals surface area contributed by atoms with Crippen LogP contribution in [0.5, 0.6) is 0 Å². The van der Waals surface area contributed by atoms with Crippen molar-refractivity contribution in [1.82, 2.24) is 0 Å². The molecule has 1 aliphatic rings. The van der Waals surface area contributed by atoms with Gasteiger partial charge in [-0.1, -0.05) is 28.8 Å². The van der Waals surface area contributed by atoms with Crippen molar-refractivity contribution >= 4 is 15.9 Å².